The number of likely N-dealkylation sites (tertiary alicyclic amines) is 1. The van der Waals surface area contributed by atoms with Crippen LogP contribution in [0.15, 0.2) is 30.3 Å². The molecule has 1 aromatic carbocycles. The van der Waals surface area contributed by atoms with Crippen molar-refractivity contribution in [2.75, 3.05) is 19.6 Å². The van der Waals surface area contributed by atoms with Gasteiger partial charge in [0.1, 0.15) is 5.60 Å². The molecular weight excluding hydrogens is 312 g/mol. The van der Waals surface area contributed by atoms with Crippen LogP contribution in [0, 0.1) is 0 Å². The highest BCUT2D eigenvalue weighted by Gasteiger charge is 2.38. The van der Waals surface area contributed by atoms with E-state index in [1.807, 2.05) is 6.07 Å². The number of carbonyl (C=O) groups excluding carboxylic acids is 2. The fourth-order valence-corrected chi connectivity index (χ4v) is 2.67. The number of piperidine rings is 1. The minimum atomic E-state index is -1.17. The molecule has 1 saturated heterocycles. The van der Waals surface area contributed by atoms with E-state index in [2.05, 4.69) is 25.9 Å². The Balaban J connectivity index is 1.50. The van der Waals surface area contributed by atoms with Gasteiger partial charge in [-0.15, -0.1) is 10.2 Å². The standard InChI is InChI=1S/C15H18N6O3/c22-12(10-16-13(23)11-4-2-1-3-5-11)21-8-6-15(24,7-9-21)14-17-19-20-18-14/h1-5,24H,6-10H2,(H,16,23)(H,17,18,19,20). The third-order valence-electron chi connectivity index (χ3n) is 4.14. The van der Waals surface area contributed by atoms with Gasteiger partial charge in [-0.25, -0.2) is 0 Å². The zero-order valence-corrected chi connectivity index (χ0v) is 13.0. The van der Waals surface area contributed by atoms with Crippen molar-refractivity contribution >= 4 is 11.8 Å². The van der Waals surface area contributed by atoms with Gasteiger partial charge < -0.3 is 15.3 Å². The quantitative estimate of drug-likeness (QED) is 0.690. The van der Waals surface area contributed by atoms with E-state index in [4.69, 9.17) is 0 Å². The van der Waals surface area contributed by atoms with Crippen molar-refractivity contribution in [1.82, 2.24) is 30.8 Å². The average Bonchev–Trinajstić information content (AvgIpc) is 3.16. The molecule has 0 radical (unpaired) electrons. The van der Waals surface area contributed by atoms with E-state index >= 15 is 0 Å². The first kappa shape index (κ1) is 16.1. The van der Waals surface area contributed by atoms with Gasteiger partial charge in [0.25, 0.3) is 5.91 Å². The number of hydrogen-bond donors (Lipinski definition) is 3. The van der Waals surface area contributed by atoms with Crippen molar-refractivity contribution in [3.05, 3.63) is 41.7 Å². The SMILES string of the molecule is O=C(NCC(=O)N1CCC(O)(c2nn[nH]n2)CC1)c1ccccc1. The molecule has 1 aliphatic heterocycles. The number of rotatable bonds is 4. The molecule has 1 aliphatic rings. The molecule has 1 aromatic heterocycles. The number of hydrogen-bond acceptors (Lipinski definition) is 6. The molecule has 126 valence electrons. The molecule has 0 bridgehead atoms. The average molecular weight is 330 g/mol. The van der Waals surface area contributed by atoms with Gasteiger partial charge in [0, 0.05) is 31.5 Å². The van der Waals surface area contributed by atoms with Crippen LogP contribution in [0.4, 0.5) is 0 Å². The Morgan fingerprint density at radius 1 is 1.25 bits per heavy atom. The number of nitrogens with one attached hydrogen (secondary N) is 2. The summed E-state index contributed by atoms with van der Waals surface area (Å²) in [5.41, 5.74) is -0.660. The first-order chi connectivity index (χ1) is 11.6. The number of aliphatic hydroxyl groups is 1. The second kappa shape index (κ2) is 6.75. The lowest BCUT2D eigenvalue weighted by Crippen LogP contribution is -2.48. The summed E-state index contributed by atoms with van der Waals surface area (Å²) in [6.45, 7) is 0.657. The summed E-state index contributed by atoms with van der Waals surface area (Å²) in [4.78, 5) is 25.8. The van der Waals surface area contributed by atoms with Crippen LogP contribution in [0.2, 0.25) is 0 Å². The molecule has 0 aliphatic carbocycles. The van der Waals surface area contributed by atoms with E-state index in [-0.39, 0.29) is 24.2 Å². The Morgan fingerprint density at radius 3 is 2.58 bits per heavy atom. The lowest BCUT2D eigenvalue weighted by Gasteiger charge is -2.36. The fourth-order valence-electron chi connectivity index (χ4n) is 2.67. The Kier molecular flexibility index (Phi) is 4.52. The lowest BCUT2D eigenvalue weighted by atomic mass is 9.90. The van der Waals surface area contributed by atoms with Crippen LogP contribution >= 0.6 is 0 Å². The largest absolute Gasteiger partial charge is 0.382 e. The third kappa shape index (κ3) is 3.40. The van der Waals surface area contributed by atoms with E-state index in [1.165, 1.54) is 0 Å². The van der Waals surface area contributed by atoms with Gasteiger partial charge in [0.2, 0.25) is 11.7 Å². The number of amides is 2. The van der Waals surface area contributed by atoms with Crippen LogP contribution in [0.1, 0.15) is 29.0 Å². The molecule has 1 fully saturated rings. The Morgan fingerprint density at radius 2 is 1.96 bits per heavy atom. The van der Waals surface area contributed by atoms with Gasteiger partial charge >= 0.3 is 0 Å². The molecular formula is C15H18N6O3. The first-order valence-corrected chi connectivity index (χ1v) is 7.66. The maximum Gasteiger partial charge on any atom is 0.251 e. The fraction of sp³-hybridized carbons (Fsp3) is 0.400. The molecule has 2 heterocycles. The summed E-state index contributed by atoms with van der Waals surface area (Å²) in [7, 11) is 0. The second-order valence-electron chi connectivity index (χ2n) is 5.70. The minimum Gasteiger partial charge on any atom is -0.382 e. The van der Waals surface area contributed by atoms with Crippen LogP contribution in [-0.2, 0) is 10.4 Å². The van der Waals surface area contributed by atoms with E-state index in [9.17, 15) is 14.7 Å². The normalized spacial score (nSPS) is 16.6. The number of benzene rings is 1. The molecule has 9 nitrogen and oxygen atoms in total. The van der Waals surface area contributed by atoms with Crippen LogP contribution in [0.5, 0.6) is 0 Å². The van der Waals surface area contributed by atoms with Gasteiger partial charge in [-0.3, -0.25) is 9.59 Å². The summed E-state index contributed by atoms with van der Waals surface area (Å²) in [5, 5.41) is 26.5. The Bertz CT molecular complexity index is 695. The zero-order valence-electron chi connectivity index (χ0n) is 13.0. The highest BCUT2D eigenvalue weighted by atomic mass is 16.3. The van der Waals surface area contributed by atoms with Crippen LogP contribution in [0.25, 0.3) is 0 Å². The molecule has 2 amide bonds. The van der Waals surface area contributed by atoms with Gasteiger partial charge in [-0.1, -0.05) is 23.4 Å². The first-order valence-electron chi connectivity index (χ1n) is 7.66. The van der Waals surface area contributed by atoms with E-state index in [1.54, 1.807) is 29.2 Å². The van der Waals surface area contributed by atoms with E-state index < -0.39 is 5.60 Å². The topological polar surface area (TPSA) is 124 Å². The summed E-state index contributed by atoms with van der Waals surface area (Å²) in [6.07, 6.45) is 0.649. The summed E-state index contributed by atoms with van der Waals surface area (Å²) in [6, 6.07) is 8.72. The summed E-state index contributed by atoms with van der Waals surface area (Å²) >= 11 is 0. The van der Waals surface area contributed by atoms with Gasteiger partial charge in [-0.05, 0) is 12.1 Å². The summed E-state index contributed by atoms with van der Waals surface area (Å²) in [5.74, 6) is -0.231. The van der Waals surface area contributed by atoms with Crippen molar-refractivity contribution in [2.45, 2.75) is 18.4 Å². The minimum absolute atomic E-state index is 0.0750. The molecule has 3 N–H and O–H groups in total. The number of aromatic amines is 1. The van der Waals surface area contributed by atoms with Crippen molar-refractivity contribution in [3.63, 3.8) is 0 Å². The van der Waals surface area contributed by atoms with Gasteiger partial charge in [0.15, 0.2) is 0 Å². The highest BCUT2D eigenvalue weighted by Crippen LogP contribution is 2.29. The van der Waals surface area contributed by atoms with Crippen molar-refractivity contribution in [3.8, 4) is 0 Å². The maximum atomic E-state index is 12.2. The number of carbonyl (C=O) groups is 2. The second-order valence-corrected chi connectivity index (χ2v) is 5.70. The predicted octanol–water partition coefficient (Wildman–Crippen LogP) is -0.560. The number of nitrogens with zero attached hydrogens (tertiary/aromatic N) is 4. The van der Waals surface area contributed by atoms with Crippen molar-refractivity contribution in [1.29, 1.82) is 0 Å². The predicted molar refractivity (Wildman–Crippen MR) is 82.7 cm³/mol. The summed E-state index contributed by atoms with van der Waals surface area (Å²) < 4.78 is 0. The van der Waals surface area contributed by atoms with Gasteiger partial charge in [0.05, 0.1) is 6.54 Å². The molecule has 0 saturated carbocycles. The van der Waals surface area contributed by atoms with Crippen LogP contribution in [0.3, 0.4) is 0 Å². The number of aromatic nitrogens is 4. The highest BCUT2D eigenvalue weighted by molar-refractivity contribution is 5.96. The van der Waals surface area contributed by atoms with Crippen LogP contribution in [-0.4, -0.2) is 62.1 Å². The Labute approximate surface area is 138 Å². The molecule has 0 atom stereocenters. The lowest BCUT2D eigenvalue weighted by molar-refractivity contribution is -0.134. The molecule has 2 aromatic rings. The maximum absolute atomic E-state index is 12.2. The number of tetrazole rings is 1. The molecule has 0 unspecified atom stereocenters. The zero-order chi connectivity index (χ0) is 17.0. The van der Waals surface area contributed by atoms with Gasteiger partial charge in [-0.2, -0.15) is 5.21 Å². The van der Waals surface area contributed by atoms with E-state index in [0.717, 1.165) is 0 Å². The smallest absolute Gasteiger partial charge is 0.251 e. The monoisotopic (exact) mass is 330 g/mol. The third-order valence-corrected chi connectivity index (χ3v) is 4.14. The van der Waals surface area contributed by atoms with Crippen molar-refractivity contribution in [2.24, 2.45) is 0 Å². The molecule has 0 spiro atoms. The van der Waals surface area contributed by atoms with Crippen molar-refractivity contribution < 1.29 is 14.7 Å². The number of H-pyrrole nitrogens is 1. The molecule has 24 heavy (non-hydrogen) atoms. The van der Waals surface area contributed by atoms with Crippen LogP contribution < -0.4 is 5.32 Å². The molecule has 3 rings (SSSR count). The molecule has 9 heteroatoms. The van der Waals surface area contributed by atoms with E-state index in [0.29, 0.717) is 31.5 Å². The Hall–Kier alpha value is -2.81.